The second kappa shape index (κ2) is 9.16. The first kappa shape index (κ1) is 24.8. The van der Waals surface area contributed by atoms with Crippen LogP contribution in [-0.2, 0) is 12.8 Å². The first-order chi connectivity index (χ1) is 18.4. The van der Waals surface area contributed by atoms with Crippen LogP contribution in [0.3, 0.4) is 0 Å². The van der Waals surface area contributed by atoms with Crippen molar-refractivity contribution in [2.75, 3.05) is 0 Å². The molecule has 8 heteroatoms. The maximum Gasteiger partial charge on any atom is 0.129 e. The van der Waals surface area contributed by atoms with E-state index in [-0.39, 0.29) is 11.8 Å². The number of halogens is 4. The van der Waals surface area contributed by atoms with Crippen LogP contribution in [-0.4, -0.2) is 19.9 Å². The summed E-state index contributed by atoms with van der Waals surface area (Å²) < 4.78 is 0. The van der Waals surface area contributed by atoms with E-state index in [1.165, 1.54) is 0 Å². The van der Waals surface area contributed by atoms with E-state index in [1.54, 1.807) is 0 Å². The smallest absolute Gasteiger partial charge is 0.129 e. The molecule has 3 aliphatic carbocycles. The molecule has 2 aromatic heterocycles. The average Bonchev–Trinajstić information content (AvgIpc) is 2.91. The van der Waals surface area contributed by atoms with Gasteiger partial charge < -0.3 is 0 Å². The van der Waals surface area contributed by atoms with Crippen LogP contribution in [0.2, 0.25) is 10.0 Å². The molecule has 38 heavy (non-hydrogen) atoms. The molecule has 3 aliphatic rings. The van der Waals surface area contributed by atoms with Gasteiger partial charge in [-0.3, -0.25) is 0 Å². The van der Waals surface area contributed by atoms with Gasteiger partial charge in [0.2, 0.25) is 0 Å². The summed E-state index contributed by atoms with van der Waals surface area (Å²) in [6.07, 6.45) is 9.94. The number of aryl methyl sites for hydroxylation is 2. The number of nitrogens with zero attached hydrogens (tertiary/aromatic N) is 4. The Bertz CT molecular complexity index is 1630. The molecule has 2 unspecified atom stereocenters. The van der Waals surface area contributed by atoms with Crippen molar-refractivity contribution in [3.63, 3.8) is 0 Å². The maximum absolute atomic E-state index is 6.96. The SMILES string of the molecule is CCCCc1nc2c3c4c(cc(Cl)c3n1)-c1cc(Cl)c3nc(CCCC)nc5c3c1C(C=C5Cl)C4C=C2Cl. The van der Waals surface area contributed by atoms with Crippen molar-refractivity contribution in [3.8, 4) is 11.1 Å². The van der Waals surface area contributed by atoms with E-state index in [4.69, 9.17) is 66.3 Å². The van der Waals surface area contributed by atoms with Crippen LogP contribution in [0.5, 0.6) is 0 Å². The second-order valence-corrected chi connectivity index (χ2v) is 12.0. The summed E-state index contributed by atoms with van der Waals surface area (Å²) in [7, 11) is 0. The van der Waals surface area contributed by atoms with Crippen LogP contribution < -0.4 is 0 Å². The first-order valence-corrected chi connectivity index (χ1v) is 14.7. The van der Waals surface area contributed by atoms with E-state index in [0.717, 1.165) is 106 Å². The van der Waals surface area contributed by atoms with E-state index in [2.05, 4.69) is 26.0 Å². The topological polar surface area (TPSA) is 51.6 Å². The van der Waals surface area contributed by atoms with Crippen LogP contribution in [0, 0.1) is 0 Å². The summed E-state index contributed by atoms with van der Waals surface area (Å²) in [6.45, 7) is 4.31. The number of unbranched alkanes of at least 4 members (excludes halogenated alkanes) is 2. The summed E-state index contributed by atoms with van der Waals surface area (Å²) in [6, 6.07) is 4.06. The van der Waals surface area contributed by atoms with Gasteiger partial charge in [0, 0.05) is 35.4 Å². The van der Waals surface area contributed by atoms with Crippen molar-refractivity contribution in [1.82, 2.24) is 19.9 Å². The number of allylic oxidation sites excluding steroid dienone is 2. The zero-order chi connectivity index (χ0) is 26.3. The fraction of sp³-hybridized carbons (Fsp3) is 0.333. The summed E-state index contributed by atoms with van der Waals surface area (Å²) in [5.41, 5.74) is 7.33. The zero-order valence-corrected chi connectivity index (χ0v) is 24.0. The largest absolute Gasteiger partial charge is 0.231 e. The summed E-state index contributed by atoms with van der Waals surface area (Å²) in [5, 5.41) is 4.26. The highest BCUT2D eigenvalue weighted by atomic mass is 35.5. The van der Waals surface area contributed by atoms with Crippen LogP contribution in [0.1, 0.15) is 85.5 Å². The van der Waals surface area contributed by atoms with E-state index in [9.17, 15) is 0 Å². The molecule has 0 radical (unpaired) electrons. The van der Waals surface area contributed by atoms with Crippen LogP contribution >= 0.6 is 46.4 Å². The first-order valence-electron chi connectivity index (χ1n) is 13.2. The molecule has 0 N–H and O–H groups in total. The number of fused-ring (bicyclic) bond motifs is 2. The highest BCUT2D eigenvalue weighted by molar-refractivity contribution is 6.51. The quantitative estimate of drug-likeness (QED) is 0.227. The Morgan fingerprint density at radius 1 is 0.632 bits per heavy atom. The molecule has 0 aliphatic heterocycles. The lowest BCUT2D eigenvalue weighted by molar-refractivity contribution is 0.726. The highest BCUT2D eigenvalue weighted by Gasteiger charge is 2.41. The Morgan fingerprint density at radius 2 is 1.05 bits per heavy atom. The predicted octanol–water partition coefficient (Wildman–Crippen LogP) is 9.60. The Kier molecular flexibility index (Phi) is 5.97. The molecule has 4 nitrogen and oxygen atoms in total. The van der Waals surface area contributed by atoms with Gasteiger partial charge in [-0.15, -0.1) is 0 Å². The van der Waals surface area contributed by atoms with Gasteiger partial charge >= 0.3 is 0 Å². The van der Waals surface area contributed by atoms with Gasteiger partial charge in [0.25, 0.3) is 0 Å². The van der Waals surface area contributed by atoms with Gasteiger partial charge in [-0.1, -0.05) is 85.2 Å². The summed E-state index contributed by atoms with van der Waals surface area (Å²) >= 11 is 27.8. The van der Waals surface area contributed by atoms with Crippen molar-refractivity contribution in [2.24, 2.45) is 0 Å². The zero-order valence-electron chi connectivity index (χ0n) is 21.0. The van der Waals surface area contributed by atoms with Gasteiger partial charge in [-0.25, -0.2) is 19.9 Å². The van der Waals surface area contributed by atoms with Gasteiger partial charge in [-0.2, -0.15) is 0 Å². The van der Waals surface area contributed by atoms with Gasteiger partial charge in [-0.05, 0) is 47.2 Å². The Morgan fingerprint density at radius 3 is 1.45 bits per heavy atom. The van der Waals surface area contributed by atoms with Crippen molar-refractivity contribution < 1.29 is 0 Å². The minimum Gasteiger partial charge on any atom is -0.231 e. The number of hydrogen-bond acceptors (Lipinski definition) is 4. The predicted molar refractivity (Wildman–Crippen MR) is 158 cm³/mol. The maximum atomic E-state index is 6.96. The van der Waals surface area contributed by atoms with E-state index >= 15 is 0 Å². The molecular formula is C30H24Cl4N4. The molecule has 0 fully saturated rings. The van der Waals surface area contributed by atoms with Crippen LogP contribution in [0.25, 0.3) is 43.0 Å². The van der Waals surface area contributed by atoms with Crippen molar-refractivity contribution in [1.29, 1.82) is 0 Å². The molecule has 2 atom stereocenters. The lowest BCUT2D eigenvalue weighted by Gasteiger charge is -2.38. The van der Waals surface area contributed by atoms with E-state index in [0.29, 0.717) is 20.1 Å². The molecule has 2 aromatic carbocycles. The Balaban J connectivity index is 1.56. The Hall–Kier alpha value is -2.24. The van der Waals surface area contributed by atoms with Crippen molar-refractivity contribution >= 4 is 78.3 Å². The monoisotopic (exact) mass is 580 g/mol. The molecule has 0 bridgehead atoms. The Labute approximate surface area is 241 Å². The van der Waals surface area contributed by atoms with Gasteiger partial charge in [0.1, 0.15) is 11.6 Å². The van der Waals surface area contributed by atoms with Crippen molar-refractivity contribution in [3.05, 3.63) is 68.5 Å². The third-order valence-corrected chi connectivity index (χ3v) is 9.17. The van der Waals surface area contributed by atoms with E-state index < -0.39 is 0 Å². The fourth-order valence-corrected chi connectivity index (χ4v) is 7.31. The molecule has 0 spiro atoms. The molecule has 192 valence electrons. The normalized spacial score (nSPS) is 18.7. The lowest BCUT2D eigenvalue weighted by Crippen LogP contribution is -2.22. The standard InChI is InChI=1S/C30H24Cl4N4/c1-3-5-7-21-35-27-17(31)9-13-15-11-19(33)29-26-24(15)16(14-10-18(32)28(36-21)25(27)23(13)14)12-20(34)30(26)38-22(37-29)8-6-4-2/h9-13,15H,3-8H2,1-2H3. The molecule has 0 amide bonds. The minimum absolute atomic E-state index is 0.0478. The molecular weight excluding hydrogens is 558 g/mol. The number of aromatic nitrogens is 4. The molecule has 2 heterocycles. The molecule has 0 saturated carbocycles. The van der Waals surface area contributed by atoms with Gasteiger partial charge in [0.05, 0.1) is 42.5 Å². The second-order valence-electron chi connectivity index (χ2n) is 10.4. The third kappa shape index (κ3) is 3.50. The summed E-state index contributed by atoms with van der Waals surface area (Å²) in [5.74, 6) is 1.45. The molecule has 4 aromatic rings. The molecule has 7 rings (SSSR count). The number of benzene rings is 2. The average molecular weight is 582 g/mol. The van der Waals surface area contributed by atoms with Gasteiger partial charge in [0.15, 0.2) is 0 Å². The third-order valence-electron chi connectivity index (χ3n) is 7.98. The lowest BCUT2D eigenvalue weighted by atomic mass is 9.66. The van der Waals surface area contributed by atoms with Crippen LogP contribution in [0.15, 0.2) is 24.3 Å². The number of rotatable bonds is 6. The summed E-state index contributed by atoms with van der Waals surface area (Å²) in [4.78, 5) is 19.6. The van der Waals surface area contributed by atoms with Crippen LogP contribution in [0.4, 0.5) is 0 Å². The fourth-order valence-electron chi connectivity index (χ4n) is 6.27. The number of hydrogen-bond donors (Lipinski definition) is 0. The van der Waals surface area contributed by atoms with Crippen molar-refractivity contribution in [2.45, 2.75) is 64.2 Å². The molecule has 0 saturated heterocycles. The highest BCUT2D eigenvalue weighted by Crippen LogP contribution is 2.59. The van der Waals surface area contributed by atoms with E-state index in [1.807, 2.05) is 12.1 Å². The minimum atomic E-state index is -0.0478.